The van der Waals surface area contributed by atoms with E-state index in [9.17, 15) is 18.0 Å². The second-order valence-corrected chi connectivity index (χ2v) is 10.8. The van der Waals surface area contributed by atoms with Crippen LogP contribution in [0.4, 0.5) is 5.69 Å². The van der Waals surface area contributed by atoms with Crippen LogP contribution in [0, 0.1) is 0 Å². The third-order valence-corrected chi connectivity index (χ3v) is 7.67. The van der Waals surface area contributed by atoms with Gasteiger partial charge in [0.05, 0.1) is 12.3 Å². The Hall–Kier alpha value is -2.71. The number of nitrogens with one attached hydrogen (secondary N) is 1. The van der Waals surface area contributed by atoms with Crippen molar-refractivity contribution in [3.8, 4) is 0 Å². The molecule has 0 saturated carbocycles. The molecule has 2 aromatic carbocycles. The summed E-state index contributed by atoms with van der Waals surface area (Å²) in [4.78, 5) is 28.1. The first kappa shape index (κ1) is 23.9. The molecule has 2 aromatic rings. The van der Waals surface area contributed by atoms with Crippen molar-refractivity contribution in [2.75, 3.05) is 23.7 Å². The average molecular weight is 458 g/mol. The molecular weight excluding hydrogens is 426 g/mol. The van der Waals surface area contributed by atoms with Crippen LogP contribution >= 0.6 is 0 Å². The van der Waals surface area contributed by atoms with Gasteiger partial charge in [-0.2, -0.15) is 4.31 Å². The molecule has 32 heavy (non-hydrogen) atoms. The van der Waals surface area contributed by atoms with Gasteiger partial charge >= 0.3 is 0 Å². The minimum atomic E-state index is -3.64. The SMILES string of the molecule is CCS(=O)(=O)N1CC(=O)N(c2ccc(C(C)C)cc2)[C@](C)(C(=O)NCc2ccccc2)C1. The number of amides is 2. The summed E-state index contributed by atoms with van der Waals surface area (Å²) in [6, 6.07) is 16.9. The highest BCUT2D eigenvalue weighted by molar-refractivity contribution is 7.89. The van der Waals surface area contributed by atoms with E-state index in [1.807, 2.05) is 54.6 Å². The van der Waals surface area contributed by atoms with Crippen molar-refractivity contribution >= 4 is 27.5 Å². The van der Waals surface area contributed by atoms with Crippen LogP contribution in [-0.4, -0.2) is 48.9 Å². The summed E-state index contributed by atoms with van der Waals surface area (Å²) in [5.41, 5.74) is 1.21. The van der Waals surface area contributed by atoms with E-state index in [0.717, 1.165) is 15.4 Å². The predicted octanol–water partition coefficient (Wildman–Crippen LogP) is 2.88. The van der Waals surface area contributed by atoms with Crippen LogP contribution in [0.1, 0.15) is 44.7 Å². The van der Waals surface area contributed by atoms with E-state index in [2.05, 4.69) is 19.2 Å². The van der Waals surface area contributed by atoms with Crippen molar-refractivity contribution in [3.05, 3.63) is 65.7 Å². The number of benzene rings is 2. The quantitative estimate of drug-likeness (QED) is 0.693. The van der Waals surface area contributed by atoms with Gasteiger partial charge in [0, 0.05) is 18.8 Å². The molecule has 2 amide bonds. The third kappa shape index (κ3) is 4.86. The van der Waals surface area contributed by atoms with E-state index in [1.54, 1.807) is 6.92 Å². The van der Waals surface area contributed by atoms with Gasteiger partial charge in [0.1, 0.15) is 5.54 Å². The molecule has 3 rings (SSSR count). The molecule has 1 fully saturated rings. The van der Waals surface area contributed by atoms with Crippen molar-refractivity contribution < 1.29 is 18.0 Å². The lowest BCUT2D eigenvalue weighted by Crippen LogP contribution is -2.70. The zero-order valence-corrected chi connectivity index (χ0v) is 19.9. The smallest absolute Gasteiger partial charge is 0.247 e. The second kappa shape index (κ2) is 9.42. The molecule has 172 valence electrons. The number of sulfonamides is 1. The highest BCUT2D eigenvalue weighted by atomic mass is 32.2. The van der Waals surface area contributed by atoms with Crippen LogP contribution in [0.3, 0.4) is 0 Å². The number of anilines is 1. The number of rotatable bonds is 7. The Morgan fingerprint density at radius 1 is 1.09 bits per heavy atom. The summed E-state index contributed by atoms with van der Waals surface area (Å²) in [5, 5.41) is 2.89. The fourth-order valence-electron chi connectivity index (χ4n) is 3.93. The Morgan fingerprint density at radius 2 is 1.72 bits per heavy atom. The first-order valence-corrected chi connectivity index (χ1v) is 12.4. The normalized spacial score (nSPS) is 19.9. The number of hydrogen-bond donors (Lipinski definition) is 1. The summed E-state index contributed by atoms with van der Waals surface area (Å²) in [6.45, 7) is 7.20. The standard InChI is InChI=1S/C24H31N3O4S/c1-5-32(30,31)26-16-22(28)27(21-13-11-20(12-14-21)18(2)3)24(4,17-26)23(29)25-15-19-9-7-6-8-10-19/h6-14,18H,5,15-17H2,1-4H3,(H,25,29)/t24-/m0/s1. The van der Waals surface area contributed by atoms with Crippen molar-refractivity contribution in [1.82, 2.24) is 9.62 Å². The Morgan fingerprint density at radius 3 is 2.28 bits per heavy atom. The fourth-order valence-corrected chi connectivity index (χ4v) is 5.05. The number of piperazine rings is 1. The van der Waals surface area contributed by atoms with Crippen LogP contribution in [0.2, 0.25) is 0 Å². The second-order valence-electron chi connectivity index (χ2n) is 8.59. The van der Waals surface area contributed by atoms with Gasteiger partial charge < -0.3 is 5.32 Å². The lowest BCUT2D eigenvalue weighted by atomic mass is 9.93. The zero-order chi connectivity index (χ0) is 23.5. The Kier molecular flexibility index (Phi) is 7.05. The van der Waals surface area contributed by atoms with Gasteiger partial charge in [-0.15, -0.1) is 0 Å². The highest BCUT2D eigenvalue weighted by Gasteiger charge is 2.50. The largest absolute Gasteiger partial charge is 0.350 e. The molecule has 1 heterocycles. The average Bonchev–Trinajstić information content (AvgIpc) is 2.78. The number of hydrogen-bond acceptors (Lipinski definition) is 4. The summed E-state index contributed by atoms with van der Waals surface area (Å²) in [5.74, 6) is -0.640. The fraction of sp³-hybridized carbons (Fsp3) is 0.417. The van der Waals surface area contributed by atoms with E-state index < -0.39 is 27.4 Å². The van der Waals surface area contributed by atoms with Crippen LogP contribution in [0.15, 0.2) is 54.6 Å². The molecule has 1 N–H and O–H groups in total. The van der Waals surface area contributed by atoms with E-state index in [1.165, 1.54) is 11.8 Å². The van der Waals surface area contributed by atoms with Crippen molar-refractivity contribution in [3.63, 3.8) is 0 Å². The van der Waals surface area contributed by atoms with Crippen LogP contribution in [0.25, 0.3) is 0 Å². The van der Waals surface area contributed by atoms with Gasteiger partial charge in [0.2, 0.25) is 21.8 Å². The maximum Gasteiger partial charge on any atom is 0.247 e. The Bertz CT molecular complexity index is 1070. The molecule has 8 heteroatoms. The molecule has 0 radical (unpaired) electrons. The molecular formula is C24H31N3O4S. The van der Waals surface area contributed by atoms with E-state index in [4.69, 9.17) is 0 Å². The summed E-state index contributed by atoms with van der Waals surface area (Å²) >= 11 is 0. The maximum absolute atomic E-state index is 13.4. The predicted molar refractivity (Wildman–Crippen MR) is 126 cm³/mol. The topological polar surface area (TPSA) is 86.8 Å². The van der Waals surface area contributed by atoms with E-state index in [0.29, 0.717) is 11.6 Å². The highest BCUT2D eigenvalue weighted by Crippen LogP contribution is 2.32. The summed E-state index contributed by atoms with van der Waals surface area (Å²) in [6.07, 6.45) is 0. The minimum Gasteiger partial charge on any atom is -0.350 e. The Balaban J connectivity index is 1.97. The van der Waals surface area contributed by atoms with Gasteiger partial charge in [0.25, 0.3) is 0 Å². The minimum absolute atomic E-state index is 0.110. The number of carbonyl (C=O) groups is 2. The maximum atomic E-state index is 13.4. The molecule has 0 aromatic heterocycles. The molecule has 1 atom stereocenters. The molecule has 1 aliphatic rings. The van der Waals surface area contributed by atoms with Crippen molar-refractivity contribution in [2.24, 2.45) is 0 Å². The summed E-state index contributed by atoms with van der Waals surface area (Å²) in [7, 11) is -3.64. The van der Waals surface area contributed by atoms with Crippen molar-refractivity contribution in [1.29, 1.82) is 0 Å². The van der Waals surface area contributed by atoms with E-state index >= 15 is 0 Å². The van der Waals surface area contributed by atoms with Gasteiger partial charge in [-0.25, -0.2) is 8.42 Å². The van der Waals surface area contributed by atoms with Gasteiger partial charge in [0.15, 0.2) is 0 Å². The molecule has 7 nitrogen and oxygen atoms in total. The third-order valence-electron chi connectivity index (χ3n) is 5.90. The van der Waals surface area contributed by atoms with Gasteiger partial charge in [-0.05, 0) is 43.0 Å². The van der Waals surface area contributed by atoms with Crippen molar-refractivity contribution in [2.45, 2.75) is 45.7 Å². The van der Waals surface area contributed by atoms with Gasteiger partial charge in [-0.1, -0.05) is 56.3 Å². The molecule has 1 saturated heterocycles. The van der Waals surface area contributed by atoms with Crippen LogP contribution in [0.5, 0.6) is 0 Å². The lowest BCUT2D eigenvalue weighted by molar-refractivity contribution is -0.133. The zero-order valence-electron chi connectivity index (χ0n) is 19.0. The molecule has 0 bridgehead atoms. The molecule has 1 aliphatic heterocycles. The molecule has 0 spiro atoms. The number of nitrogens with zero attached hydrogens (tertiary/aromatic N) is 2. The summed E-state index contributed by atoms with van der Waals surface area (Å²) < 4.78 is 26.3. The monoisotopic (exact) mass is 457 g/mol. The number of carbonyl (C=O) groups excluding carboxylic acids is 2. The van der Waals surface area contributed by atoms with Gasteiger partial charge in [-0.3, -0.25) is 14.5 Å². The molecule has 0 aliphatic carbocycles. The van der Waals surface area contributed by atoms with Crippen LogP contribution in [-0.2, 0) is 26.2 Å². The first-order valence-electron chi connectivity index (χ1n) is 10.8. The molecule has 0 unspecified atom stereocenters. The van der Waals surface area contributed by atoms with E-state index in [-0.39, 0.29) is 25.4 Å². The first-order chi connectivity index (χ1) is 15.1. The Labute approximate surface area is 190 Å². The lowest BCUT2D eigenvalue weighted by Gasteiger charge is -2.46. The van der Waals surface area contributed by atoms with Crippen LogP contribution < -0.4 is 10.2 Å².